The van der Waals surface area contributed by atoms with Crippen molar-refractivity contribution in [3.05, 3.63) is 18.1 Å². The quantitative estimate of drug-likeness (QED) is 0.852. The van der Waals surface area contributed by atoms with E-state index in [0.29, 0.717) is 17.7 Å². The molecule has 1 aromatic rings. The van der Waals surface area contributed by atoms with E-state index in [-0.39, 0.29) is 0 Å². The standard InChI is InChI=1S/C13H21N3O/c1-9-6-10(2)8-13(14,7-9)11-12(17-3)16-5-4-15-11/h4-5,9-10H,6-8,14H2,1-3H3. The van der Waals surface area contributed by atoms with E-state index < -0.39 is 5.54 Å². The molecule has 0 radical (unpaired) electrons. The van der Waals surface area contributed by atoms with Crippen LogP contribution >= 0.6 is 0 Å². The second kappa shape index (κ2) is 4.61. The normalized spacial score (nSPS) is 33.4. The van der Waals surface area contributed by atoms with Crippen LogP contribution in [-0.4, -0.2) is 17.1 Å². The fourth-order valence-electron chi connectivity index (χ4n) is 3.19. The number of rotatable bonds is 2. The fourth-order valence-corrected chi connectivity index (χ4v) is 3.19. The van der Waals surface area contributed by atoms with Crippen LogP contribution < -0.4 is 10.5 Å². The summed E-state index contributed by atoms with van der Waals surface area (Å²) in [5, 5.41) is 0. The molecular weight excluding hydrogens is 214 g/mol. The number of ether oxygens (including phenoxy) is 1. The molecule has 1 saturated carbocycles. The first kappa shape index (κ1) is 12.3. The Labute approximate surface area is 103 Å². The van der Waals surface area contributed by atoms with Crippen LogP contribution in [0.15, 0.2) is 12.4 Å². The molecule has 4 heteroatoms. The van der Waals surface area contributed by atoms with Crippen molar-refractivity contribution < 1.29 is 4.74 Å². The first-order chi connectivity index (χ1) is 8.05. The number of hydrogen-bond donors (Lipinski definition) is 1. The van der Waals surface area contributed by atoms with Gasteiger partial charge in [0.15, 0.2) is 0 Å². The van der Waals surface area contributed by atoms with Crippen LogP contribution in [0.3, 0.4) is 0 Å². The largest absolute Gasteiger partial charge is 0.480 e. The molecule has 17 heavy (non-hydrogen) atoms. The Morgan fingerprint density at radius 3 is 2.41 bits per heavy atom. The van der Waals surface area contributed by atoms with Crippen molar-refractivity contribution >= 4 is 0 Å². The van der Waals surface area contributed by atoms with Gasteiger partial charge in [-0.05, 0) is 31.1 Å². The number of aromatic nitrogens is 2. The van der Waals surface area contributed by atoms with Crippen molar-refractivity contribution in [2.75, 3.05) is 7.11 Å². The Hall–Kier alpha value is -1.16. The summed E-state index contributed by atoms with van der Waals surface area (Å²) in [4.78, 5) is 8.60. The zero-order valence-corrected chi connectivity index (χ0v) is 10.8. The van der Waals surface area contributed by atoms with Gasteiger partial charge in [0.05, 0.1) is 12.6 Å². The Morgan fingerprint density at radius 1 is 1.24 bits per heavy atom. The van der Waals surface area contributed by atoms with E-state index in [9.17, 15) is 0 Å². The lowest BCUT2D eigenvalue weighted by atomic mass is 9.70. The minimum atomic E-state index is -0.392. The Balaban J connectivity index is 2.36. The Morgan fingerprint density at radius 2 is 1.82 bits per heavy atom. The highest BCUT2D eigenvalue weighted by molar-refractivity contribution is 5.26. The zero-order valence-electron chi connectivity index (χ0n) is 10.8. The van der Waals surface area contributed by atoms with Gasteiger partial charge < -0.3 is 10.5 Å². The van der Waals surface area contributed by atoms with E-state index in [0.717, 1.165) is 18.5 Å². The third-order valence-corrected chi connectivity index (χ3v) is 3.56. The summed E-state index contributed by atoms with van der Waals surface area (Å²) < 4.78 is 5.28. The van der Waals surface area contributed by atoms with Crippen LogP contribution in [0.2, 0.25) is 0 Å². The van der Waals surface area contributed by atoms with Crippen LogP contribution in [0.4, 0.5) is 0 Å². The van der Waals surface area contributed by atoms with Crippen LogP contribution in [0, 0.1) is 11.8 Å². The minimum absolute atomic E-state index is 0.392. The summed E-state index contributed by atoms with van der Waals surface area (Å²) in [6.45, 7) is 4.50. The summed E-state index contributed by atoms with van der Waals surface area (Å²) >= 11 is 0. The summed E-state index contributed by atoms with van der Waals surface area (Å²) in [5.41, 5.74) is 6.97. The molecule has 1 aromatic heterocycles. The SMILES string of the molecule is COc1nccnc1C1(N)CC(C)CC(C)C1. The number of nitrogens with two attached hydrogens (primary N) is 1. The number of methoxy groups -OCH3 is 1. The van der Waals surface area contributed by atoms with Crippen LogP contribution in [-0.2, 0) is 5.54 Å². The highest BCUT2D eigenvalue weighted by atomic mass is 16.5. The van der Waals surface area contributed by atoms with Crippen LogP contribution in [0.5, 0.6) is 5.88 Å². The van der Waals surface area contributed by atoms with Gasteiger partial charge in [0.1, 0.15) is 5.69 Å². The lowest BCUT2D eigenvalue weighted by molar-refractivity contribution is 0.174. The topological polar surface area (TPSA) is 61.0 Å². The van der Waals surface area contributed by atoms with Crippen molar-refractivity contribution in [3.8, 4) is 5.88 Å². The van der Waals surface area contributed by atoms with E-state index >= 15 is 0 Å². The average molecular weight is 235 g/mol. The molecule has 1 aliphatic rings. The summed E-state index contributed by atoms with van der Waals surface area (Å²) in [6.07, 6.45) is 6.47. The van der Waals surface area contributed by atoms with E-state index in [1.807, 2.05) is 0 Å². The van der Waals surface area contributed by atoms with Gasteiger partial charge in [-0.25, -0.2) is 4.98 Å². The molecule has 0 spiro atoms. The molecule has 2 rings (SSSR count). The first-order valence-corrected chi connectivity index (χ1v) is 6.19. The highest BCUT2D eigenvalue weighted by Gasteiger charge is 2.39. The van der Waals surface area contributed by atoms with Crippen LogP contribution in [0.1, 0.15) is 38.8 Å². The highest BCUT2D eigenvalue weighted by Crippen LogP contribution is 2.42. The molecule has 2 N–H and O–H groups in total. The second-order valence-electron chi connectivity index (χ2n) is 5.42. The average Bonchev–Trinajstić information content (AvgIpc) is 2.27. The monoisotopic (exact) mass is 235 g/mol. The molecule has 94 valence electrons. The molecule has 0 amide bonds. The molecule has 2 unspecified atom stereocenters. The van der Waals surface area contributed by atoms with Gasteiger partial charge in [0, 0.05) is 12.4 Å². The van der Waals surface area contributed by atoms with Gasteiger partial charge in [-0.15, -0.1) is 0 Å². The molecule has 1 heterocycles. The summed E-state index contributed by atoms with van der Waals surface area (Å²) in [7, 11) is 1.62. The molecule has 0 aromatic carbocycles. The lowest BCUT2D eigenvalue weighted by Gasteiger charge is -2.39. The third-order valence-electron chi connectivity index (χ3n) is 3.56. The van der Waals surface area contributed by atoms with Crippen molar-refractivity contribution in [1.29, 1.82) is 0 Å². The number of nitrogens with zero attached hydrogens (tertiary/aromatic N) is 2. The third kappa shape index (κ3) is 2.41. The predicted molar refractivity (Wildman–Crippen MR) is 66.6 cm³/mol. The van der Waals surface area contributed by atoms with Gasteiger partial charge in [0.2, 0.25) is 5.88 Å². The maximum Gasteiger partial charge on any atom is 0.237 e. The van der Waals surface area contributed by atoms with Crippen LogP contribution in [0.25, 0.3) is 0 Å². The lowest BCUT2D eigenvalue weighted by Crippen LogP contribution is -2.44. The van der Waals surface area contributed by atoms with Gasteiger partial charge in [-0.1, -0.05) is 13.8 Å². The van der Waals surface area contributed by atoms with E-state index in [1.165, 1.54) is 6.42 Å². The molecule has 0 saturated heterocycles. The van der Waals surface area contributed by atoms with Gasteiger partial charge in [-0.3, -0.25) is 4.98 Å². The summed E-state index contributed by atoms with van der Waals surface area (Å²) in [6, 6.07) is 0. The van der Waals surface area contributed by atoms with Crippen molar-refractivity contribution in [2.24, 2.45) is 17.6 Å². The molecular formula is C13H21N3O. The molecule has 1 fully saturated rings. The zero-order chi connectivity index (χ0) is 12.5. The minimum Gasteiger partial charge on any atom is -0.480 e. The number of hydrogen-bond acceptors (Lipinski definition) is 4. The molecule has 4 nitrogen and oxygen atoms in total. The van der Waals surface area contributed by atoms with E-state index in [1.54, 1.807) is 19.5 Å². The summed E-state index contributed by atoms with van der Waals surface area (Å²) in [5.74, 6) is 1.81. The second-order valence-corrected chi connectivity index (χ2v) is 5.42. The Kier molecular flexibility index (Phi) is 3.33. The van der Waals surface area contributed by atoms with Crippen molar-refractivity contribution in [1.82, 2.24) is 9.97 Å². The van der Waals surface area contributed by atoms with E-state index in [4.69, 9.17) is 10.5 Å². The van der Waals surface area contributed by atoms with Crippen molar-refractivity contribution in [2.45, 2.75) is 38.6 Å². The van der Waals surface area contributed by atoms with Crippen molar-refractivity contribution in [3.63, 3.8) is 0 Å². The fraction of sp³-hybridized carbons (Fsp3) is 0.692. The maximum atomic E-state index is 6.56. The van der Waals surface area contributed by atoms with E-state index in [2.05, 4.69) is 23.8 Å². The predicted octanol–water partition coefficient (Wildman–Crippen LogP) is 2.10. The molecule has 1 aliphatic carbocycles. The molecule has 0 aliphatic heterocycles. The van der Waals surface area contributed by atoms with Gasteiger partial charge >= 0.3 is 0 Å². The first-order valence-electron chi connectivity index (χ1n) is 6.19. The molecule has 2 atom stereocenters. The Bertz CT molecular complexity index is 384. The molecule has 0 bridgehead atoms. The smallest absolute Gasteiger partial charge is 0.237 e. The maximum absolute atomic E-state index is 6.56. The van der Waals surface area contributed by atoms with Gasteiger partial charge in [-0.2, -0.15) is 0 Å². The van der Waals surface area contributed by atoms with Gasteiger partial charge in [0.25, 0.3) is 0 Å².